The zero-order valence-corrected chi connectivity index (χ0v) is 6.33. The molecular formula is C7H11BO2. The summed E-state index contributed by atoms with van der Waals surface area (Å²) in [6.07, 6.45) is 1.30. The van der Waals surface area contributed by atoms with Gasteiger partial charge in [-0.15, -0.1) is 0 Å². The average molecular weight is 138 g/mol. The molecule has 0 aromatic rings. The van der Waals surface area contributed by atoms with E-state index < -0.39 is 0 Å². The quantitative estimate of drug-likeness (QED) is 0.452. The summed E-state index contributed by atoms with van der Waals surface area (Å²) in [4.78, 5) is 0. The summed E-state index contributed by atoms with van der Waals surface area (Å²) in [6.45, 7) is 4.09. The van der Waals surface area contributed by atoms with Gasteiger partial charge in [-0.05, 0) is 13.8 Å². The Morgan fingerprint density at radius 3 is 2.60 bits per heavy atom. The van der Waals surface area contributed by atoms with Gasteiger partial charge in [0.15, 0.2) is 0 Å². The summed E-state index contributed by atoms with van der Waals surface area (Å²) in [7, 11) is 5.62. The second-order valence-electron chi connectivity index (χ2n) is 3.42. The van der Waals surface area contributed by atoms with Gasteiger partial charge >= 0.3 is 0 Å². The molecule has 2 aliphatic heterocycles. The molecular weight excluding hydrogens is 127 g/mol. The van der Waals surface area contributed by atoms with Gasteiger partial charge in [-0.1, -0.05) is 0 Å². The Bertz CT molecular complexity index is 158. The van der Waals surface area contributed by atoms with Gasteiger partial charge in [-0.25, -0.2) is 0 Å². The van der Waals surface area contributed by atoms with E-state index in [0.717, 1.165) is 6.42 Å². The summed E-state index contributed by atoms with van der Waals surface area (Å²) >= 11 is 0. The normalized spacial score (nSPS) is 59.6. The molecule has 2 bridgehead atoms. The maximum Gasteiger partial charge on any atom is 0.112 e. The molecule has 0 aromatic carbocycles. The number of hydrogen-bond donors (Lipinski definition) is 0. The van der Waals surface area contributed by atoms with Gasteiger partial charge in [0.05, 0.1) is 17.8 Å². The Labute approximate surface area is 62.3 Å². The van der Waals surface area contributed by atoms with Crippen LogP contribution >= 0.6 is 0 Å². The predicted octanol–water partition coefficient (Wildman–Crippen LogP) is 0.447. The second-order valence-corrected chi connectivity index (χ2v) is 3.42. The van der Waals surface area contributed by atoms with Crippen molar-refractivity contribution in [2.75, 3.05) is 0 Å². The highest BCUT2D eigenvalue weighted by Crippen LogP contribution is 2.42. The van der Waals surface area contributed by atoms with Crippen LogP contribution in [0.3, 0.4) is 0 Å². The lowest BCUT2D eigenvalue weighted by Gasteiger charge is -2.31. The minimum atomic E-state index is -0.193. The Kier molecular flexibility index (Phi) is 1.18. The molecule has 4 atom stereocenters. The largest absolute Gasteiger partial charge is 0.376 e. The second kappa shape index (κ2) is 1.77. The molecule has 3 heteroatoms. The number of ether oxygens (including phenoxy) is 2. The fourth-order valence-electron chi connectivity index (χ4n) is 1.74. The predicted molar refractivity (Wildman–Crippen MR) is 38.0 cm³/mol. The standard InChI is InChI=1S/C7H11BO2/c1-4-7(2)3-5(9-4)6(8)10-7/h4-6H,3H2,1-2H3/t4-,5?,6?,7-/m0/s1. The van der Waals surface area contributed by atoms with Gasteiger partial charge < -0.3 is 9.47 Å². The molecule has 0 N–H and O–H groups in total. The van der Waals surface area contributed by atoms with Crippen LogP contribution in [-0.2, 0) is 9.47 Å². The molecule has 2 aliphatic rings. The van der Waals surface area contributed by atoms with E-state index in [4.69, 9.17) is 17.3 Å². The van der Waals surface area contributed by atoms with Gasteiger partial charge in [0, 0.05) is 12.4 Å². The molecule has 2 saturated heterocycles. The van der Waals surface area contributed by atoms with Crippen LogP contribution in [-0.4, -0.2) is 31.7 Å². The van der Waals surface area contributed by atoms with Crippen molar-refractivity contribution in [3.8, 4) is 0 Å². The molecule has 0 saturated carbocycles. The molecule has 54 valence electrons. The van der Waals surface area contributed by atoms with Crippen LogP contribution in [0, 0.1) is 0 Å². The first-order valence-corrected chi connectivity index (χ1v) is 3.71. The molecule has 0 aromatic heterocycles. The third-order valence-corrected chi connectivity index (χ3v) is 2.62. The third kappa shape index (κ3) is 0.677. The maximum atomic E-state index is 5.62. The van der Waals surface area contributed by atoms with E-state index in [1.54, 1.807) is 0 Å². The van der Waals surface area contributed by atoms with Crippen LogP contribution in [0.2, 0.25) is 0 Å². The lowest BCUT2D eigenvalue weighted by atomic mass is 9.94. The van der Waals surface area contributed by atoms with Crippen molar-refractivity contribution in [1.82, 2.24) is 0 Å². The summed E-state index contributed by atoms with van der Waals surface area (Å²) in [6, 6.07) is -0.193. The molecule has 10 heavy (non-hydrogen) atoms. The number of rotatable bonds is 0. The lowest BCUT2D eigenvalue weighted by Crippen LogP contribution is -2.41. The van der Waals surface area contributed by atoms with E-state index in [-0.39, 0.29) is 23.8 Å². The topological polar surface area (TPSA) is 18.5 Å². The zero-order chi connectivity index (χ0) is 7.35. The van der Waals surface area contributed by atoms with Gasteiger partial charge in [0.25, 0.3) is 0 Å². The van der Waals surface area contributed by atoms with Gasteiger partial charge in [0.1, 0.15) is 7.85 Å². The molecule has 2 heterocycles. The smallest absolute Gasteiger partial charge is 0.112 e. The fourth-order valence-corrected chi connectivity index (χ4v) is 1.74. The van der Waals surface area contributed by atoms with Crippen molar-refractivity contribution in [1.29, 1.82) is 0 Å². The Balaban J connectivity index is 2.21. The Morgan fingerprint density at radius 2 is 2.30 bits per heavy atom. The van der Waals surface area contributed by atoms with Crippen LogP contribution in [0.15, 0.2) is 0 Å². The van der Waals surface area contributed by atoms with Gasteiger partial charge in [-0.2, -0.15) is 0 Å². The molecule has 2 unspecified atom stereocenters. The zero-order valence-electron chi connectivity index (χ0n) is 6.33. The van der Waals surface area contributed by atoms with Crippen LogP contribution < -0.4 is 0 Å². The first-order chi connectivity index (χ1) is 4.62. The fraction of sp³-hybridized carbons (Fsp3) is 1.00. The number of fused-ring (bicyclic) bond motifs is 2. The van der Waals surface area contributed by atoms with Crippen LogP contribution in [0.5, 0.6) is 0 Å². The first kappa shape index (κ1) is 6.68. The Morgan fingerprint density at radius 1 is 1.60 bits per heavy atom. The molecule has 0 aliphatic carbocycles. The van der Waals surface area contributed by atoms with E-state index >= 15 is 0 Å². The van der Waals surface area contributed by atoms with E-state index in [1.165, 1.54) is 0 Å². The van der Waals surface area contributed by atoms with E-state index in [0.29, 0.717) is 0 Å². The molecule has 2 fully saturated rings. The van der Waals surface area contributed by atoms with E-state index in [9.17, 15) is 0 Å². The van der Waals surface area contributed by atoms with Crippen molar-refractivity contribution in [2.24, 2.45) is 0 Å². The van der Waals surface area contributed by atoms with Gasteiger partial charge in [-0.3, -0.25) is 0 Å². The minimum absolute atomic E-state index is 0.107. The SMILES string of the molecule is [B]C1O[C@@]2(C)CC1O[C@H]2C. The van der Waals surface area contributed by atoms with Crippen molar-refractivity contribution in [3.05, 3.63) is 0 Å². The van der Waals surface area contributed by atoms with Crippen molar-refractivity contribution >= 4 is 7.85 Å². The molecule has 2 rings (SSSR count). The maximum absolute atomic E-state index is 5.62. The number of hydrogen-bond acceptors (Lipinski definition) is 2. The first-order valence-electron chi connectivity index (χ1n) is 3.71. The van der Waals surface area contributed by atoms with E-state index in [2.05, 4.69) is 6.92 Å². The van der Waals surface area contributed by atoms with Crippen molar-refractivity contribution in [3.63, 3.8) is 0 Å². The third-order valence-electron chi connectivity index (χ3n) is 2.62. The van der Waals surface area contributed by atoms with Crippen molar-refractivity contribution in [2.45, 2.75) is 44.1 Å². The molecule has 0 amide bonds. The van der Waals surface area contributed by atoms with Gasteiger partial charge in [0.2, 0.25) is 0 Å². The average Bonchev–Trinajstić information content (AvgIpc) is 2.20. The van der Waals surface area contributed by atoms with Crippen LogP contribution in [0.1, 0.15) is 20.3 Å². The van der Waals surface area contributed by atoms with Crippen molar-refractivity contribution < 1.29 is 9.47 Å². The monoisotopic (exact) mass is 138 g/mol. The summed E-state index contributed by atoms with van der Waals surface area (Å²) in [5.41, 5.74) is -0.107. The highest BCUT2D eigenvalue weighted by molar-refractivity contribution is 6.11. The Hall–Kier alpha value is -0.0151. The molecule has 0 spiro atoms. The highest BCUT2D eigenvalue weighted by Gasteiger charge is 2.52. The highest BCUT2D eigenvalue weighted by atomic mass is 16.6. The minimum Gasteiger partial charge on any atom is -0.376 e. The summed E-state index contributed by atoms with van der Waals surface area (Å²) in [5.74, 6) is 0. The molecule has 2 nitrogen and oxygen atoms in total. The van der Waals surface area contributed by atoms with E-state index in [1.807, 2.05) is 6.92 Å². The summed E-state index contributed by atoms with van der Waals surface area (Å²) < 4.78 is 11.0. The summed E-state index contributed by atoms with van der Waals surface area (Å²) in [5, 5.41) is 0. The molecule has 2 radical (unpaired) electrons. The van der Waals surface area contributed by atoms with Crippen LogP contribution in [0.4, 0.5) is 0 Å². The lowest BCUT2D eigenvalue weighted by molar-refractivity contribution is -0.145. The van der Waals surface area contributed by atoms with Crippen LogP contribution in [0.25, 0.3) is 0 Å².